The molecule has 3 rings (SSSR count). The highest BCUT2D eigenvalue weighted by Crippen LogP contribution is 2.24. The van der Waals surface area contributed by atoms with Gasteiger partial charge >= 0.3 is 5.97 Å². The number of carbonyl (C=O) groups is 3. The molecular formula is C17H16N2O5. The molecule has 1 aromatic heterocycles. The Bertz CT molecular complexity index is 783. The number of para-hydroxylation sites is 1. The maximum absolute atomic E-state index is 12.6. The van der Waals surface area contributed by atoms with Crippen molar-refractivity contribution in [2.75, 3.05) is 18.5 Å². The minimum Gasteiger partial charge on any atom is -0.475 e. The largest absolute Gasteiger partial charge is 0.475 e. The van der Waals surface area contributed by atoms with Gasteiger partial charge in [-0.15, -0.1) is 0 Å². The molecule has 1 N–H and O–H groups in total. The predicted molar refractivity (Wildman–Crippen MR) is 85.0 cm³/mol. The van der Waals surface area contributed by atoms with Gasteiger partial charge in [-0.2, -0.15) is 0 Å². The maximum atomic E-state index is 12.6. The van der Waals surface area contributed by atoms with E-state index in [0.29, 0.717) is 13.0 Å². The molecular weight excluding hydrogens is 312 g/mol. The summed E-state index contributed by atoms with van der Waals surface area (Å²) in [5.74, 6) is -2.34. The van der Waals surface area contributed by atoms with E-state index in [1.165, 1.54) is 24.1 Å². The summed E-state index contributed by atoms with van der Waals surface area (Å²) in [5.41, 5.74) is 0.789. The van der Waals surface area contributed by atoms with Gasteiger partial charge in [0.25, 0.3) is 5.91 Å². The van der Waals surface area contributed by atoms with Gasteiger partial charge in [-0.05, 0) is 30.7 Å². The zero-order chi connectivity index (χ0) is 17.3. The standard InChI is InChI=1S/C17H16N2O5/c1-18(16(21)13-7-8-14(24-13)17(22)23)12-9-10-19(15(12)20)11-5-3-2-4-6-11/h2-8,12H,9-10H2,1H3,(H,22,23). The molecule has 1 unspecified atom stereocenters. The predicted octanol–water partition coefficient (Wildman–Crippen LogP) is 1.86. The molecule has 0 spiro atoms. The first-order valence-electron chi connectivity index (χ1n) is 7.45. The summed E-state index contributed by atoms with van der Waals surface area (Å²) >= 11 is 0. The van der Waals surface area contributed by atoms with Gasteiger partial charge in [-0.25, -0.2) is 4.79 Å². The van der Waals surface area contributed by atoms with Crippen LogP contribution in [0.3, 0.4) is 0 Å². The molecule has 0 saturated carbocycles. The van der Waals surface area contributed by atoms with Crippen molar-refractivity contribution in [3.05, 3.63) is 54.0 Å². The minimum absolute atomic E-state index is 0.0964. The fraction of sp³-hybridized carbons (Fsp3) is 0.235. The molecule has 124 valence electrons. The average molecular weight is 328 g/mol. The number of carboxylic acid groups (broad SMARTS) is 1. The number of carboxylic acids is 1. The summed E-state index contributed by atoms with van der Waals surface area (Å²) < 4.78 is 5.02. The molecule has 24 heavy (non-hydrogen) atoms. The van der Waals surface area contributed by atoms with E-state index in [9.17, 15) is 14.4 Å². The number of hydrogen-bond acceptors (Lipinski definition) is 4. The van der Waals surface area contributed by atoms with Crippen molar-refractivity contribution in [2.45, 2.75) is 12.5 Å². The molecule has 1 aliphatic heterocycles. The van der Waals surface area contributed by atoms with Crippen LogP contribution in [0.15, 0.2) is 46.9 Å². The van der Waals surface area contributed by atoms with E-state index in [0.717, 1.165) is 5.69 Å². The van der Waals surface area contributed by atoms with E-state index in [4.69, 9.17) is 9.52 Å². The van der Waals surface area contributed by atoms with Crippen LogP contribution in [0, 0.1) is 0 Å². The number of anilines is 1. The first-order valence-corrected chi connectivity index (χ1v) is 7.45. The number of furan rings is 1. The number of amides is 2. The summed E-state index contributed by atoms with van der Waals surface area (Å²) in [6, 6.07) is 11.2. The Morgan fingerprint density at radius 2 is 1.83 bits per heavy atom. The normalized spacial score (nSPS) is 17.1. The van der Waals surface area contributed by atoms with Crippen molar-refractivity contribution < 1.29 is 23.9 Å². The fourth-order valence-electron chi connectivity index (χ4n) is 2.77. The lowest BCUT2D eigenvalue weighted by Gasteiger charge is -2.23. The Balaban J connectivity index is 1.75. The zero-order valence-electron chi connectivity index (χ0n) is 13.0. The van der Waals surface area contributed by atoms with Gasteiger partial charge in [0, 0.05) is 19.3 Å². The van der Waals surface area contributed by atoms with Crippen LogP contribution in [0.2, 0.25) is 0 Å². The first-order chi connectivity index (χ1) is 11.5. The van der Waals surface area contributed by atoms with E-state index < -0.39 is 17.9 Å². The van der Waals surface area contributed by atoms with Crippen LogP contribution >= 0.6 is 0 Å². The van der Waals surface area contributed by atoms with Crippen molar-refractivity contribution in [2.24, 2.45) is 0 Å². The SMILES string of the molecule is CN(C(=O)c1ccc(C(=O)O)o1)C1CCN(c2ccccc2)C1=O. The molecule has 0 bridgehead atoms. The first kappa shape index (κ1) is 15.8. The lowest BCUT2D eigenvalue weighted by Crippen LogP contribution is -2.42. The highest BCUT2D eigenvalue weighted by atomic mass is 16.4. The summed E-state index contributed by atoms with van der Waals surface area (Å²) in [6.45, 7) is 0.518. The molecule has 2 aromatic rings. The van der Waals surface area contributed by atoms with Crippen LogP contribution in [0.4, 0.5) is 5.69 Å². The molecule has 0 aliphatic carbocycles. The monoisotopic (exact) mass is 328 g/mol. The van der Waals surface area contributed by atoms with Crippen molar-refractivity contribution in [3.8, 4) is 0 Å². The van der Waals surface area contributed by atoms with Crippen LogP contribution in [-0.2, 0) is 4.79 Å². The molecule has 1 aliphatic rings. The molecule has 1 saturated heterocycles. The summed E-state index contributed by atoms with van der Waals surface area (Å²) in [4.78, 5) is 38.8. The Hall–Kier alpha value is -3.09. The van der Waals surface area contributed by atoms with E-state index >= 15 is 0 Å². The quantitative estimate of drug-likeness (QED) is 0.925. The third-order valence-electron chi connectivity index (χ3n) is 4.06. The summed E-state index contributed by atoms with van der Waals surface area (Å²) in [7, 11) is 1.52. The highest BCUT2D eigenvalue weighted by molar-refractivity contribution is 6.03. The number of likely N-dealkylation sites (N-methyl/N-ethyl adjacent to an activating group) is 1. The van der Waals surface area contributed by atoms with Gasteiger partial charge < -0.3 is 19.3 Å². The van der Waals surface area contributed by atoms with E-state index in [1.807, 2.05) is 30.3 Å². The number of nitrogens with zero attached hydrogens (tertiary/aromatic N) is 2. The number of rotatable bonds is 4. The third-order valence-corrected chi connectivity index (χ3v) is 4.06. The van der Waals surface area contributed by atoms with Crippen molar-refractivity contribution in [1.82, 2.24) is 4.90 Å². The van der Waals surface area contributed by atoms with Gasteiger partial charge in [-0.3, -0.25) is 9.59 Å². The smallest absolute Gasteiger partial charge is 0.371 e. The van der Waals surface area contributed by atoms with E-state index in [-0.39, 0.29) is 17.4 Å². The molecule has 7 nitrogen and oxygen atoms in total. The van der Waals surface area contributed by atoms with Gasteiger partial charge in [0.05, 0.1) is 0 Å². The minimum atomic E-state index is -1.25. The van der Waals surface area contributed by atoms with Crippen LogP contribution in [-0.4, -0.2) is 47.4 Å². The highest BCUT2D eigenvalue weighted by Gasteiger charge is 2.38. The van der Waals surface area contributed by atoms with Crippen LogP contribution in [0.5, 0.6) is 0 Å². The van der Waals surface area contributed by atoms with Crippen LogP contribution in [0.1, 0.15) is 27.5 Å². The lowest BCUT2D eigenvalue weighted by atomic mass is 10.2. The Kier molecular flexibility index (Phi) is 4.07. The molecule has 0 radical (unpaired) electrons. The number of carbonyl (C=O) groups excluding carboxylic acids is 2. The molecule has 2 heterocycles. The number of aromatic carboxylic acids is 1. The second-order valence-electron chi connectivity index (χ2n) is 5.52. The van der Waals surface area contributed by atoms with E-state index in [1.54, 1.807) is 4.90 Å². The number of hydrogen-bond donors (Lipinski definition) is 1. The fourth-order valence-corrected chi connectivity index (χ4v) is 2.77. The third kappa shape index (κ3) is 2.76. The van der Waals surface area contributed by atoms with Crippen LogP contribution < -0.4 is 4.90 Å². The zero-order valence-corrected chi connectivity index (χ0v) is 13.0. The maximum Gasteiger partial charge on any atom is 0.371 e. The molecule has 1 aromatic carbocycles. The Labute approximate surface area is 138 Å². The Morgan fingerprint density at radius 3 is 2.46 bits per heavy atom. The number of benzene rings is 1. The average Bonchev–Trinajstić information content (AvgIpc) is 3.21. The lowest BCUT2D eigenvalue weighted by molar-refractivity contribution is -0.120. The van der Waals surface area contributed by atoms with Crippen molar-refractivity contribution in [1.29, 1.82) is 0 Å². The van der Waals surface area contributed by atoms with Gasteiger partial charge in [0.1, 0.15) is 6.04 Å². The molecule has 1 atom stereocenters. The second-order valence-corrected chi connectivity index (χ2v) is 5.52. The van der Waals surface area contributed by atoms with Gasteiger partial charge in [0.2, 0.25) is 11.7 Å². The molecule has 2 amide bonds. The summed E-state index contributed by atoms with van der Waals surface area (Å²) in [6.07, 6.45) is 0.502. The van der Waals surface area contributed by atoms with Gasteiger partial charge in [-0.1, -0.05) is 18.2 Å². The Morgan fingerprint density at radius 1 is 1.17 bits per heavy atom. The van der Waals surface area contributed by atoms with E-state index in [2.05, 4.69) is 0 Å². The molecule has 7 heteroatoms. The topological polar surface area (TPSA) is 91.1 Å². The van der Waals surface area contributed by atoms with Gasteiger partial charge in [0.15, 0.2) is 5.76 Å². The van der Waals surface area contributed by atoms with Crippen molar-refractivity contribution >= 4 is 23.5 Å². The second kappa shape index (κ2) is 6.19. The van der Waals surface area contributed by atoms with Crippen LogP contribution in [0.25, 0.3) is 0 Å². The summed E-state index contributed by atoms with van der Waals surface area (Å²) in [5, 5.41) is 8.85. The van der Waals surface area contributed by atoms with Crippen molar-refractivity contribution in [3.63, 3.8) is 0 Å². The molecule has 1 fully saturated rings.